The van der Waals surface area contributed by atoms with Crippen LogP contribution < -0.4 is 15.5 Å². The number of unbranched alkanes of at least 4 members (excludes halogenated alkanes) is 1. The molecule has 162 valence electrons. The third-order valence-corrected chi connectivity index (χ3v) is 5.30. The van der Waals surface area contributed by atoms with Gasteiger partial charge in [0.25, 0.3) is 0 Å². The summed E-state index contributed by atoms with van der Waals surface area (Å²) in [5, 5.41) is 7.25. The Hall–Kier alpha value is -2.90. The van der Waals surface area contributed by atoms with Crippen LogP contribution in [0.25, 0.3) is 0 Å². The third-order valence-electron chi connectivity index (χ3n) is 5.05. The Morgan fingerprint density at radius 1 is 0.871 bits per heavy atom. The summed E-state index contributed by atoms with van der Waals surface area (Å²) in [6.45, 7) is 5.02. The molecule has 0 unspecified atom stereocenters. The Balaban J connectivity index is 1.56. The van der Waals surface area contributed by atoms with Crippen LogP contribution >= 0.6 is 11.6 Å². The van der Waals surface area contributed by atoms with Crippen LogP contribution in [0.2, 0.25) is 5.02 Å². The Morgan fingerprint density at radius 2 is 1.45 bits per heavy atom. The monoisotopic (exact) mass is 438 g/mol. The third kappa shape index (κ3) is 6.06. The van der Waals surface area contributed by atoms with E-state index in [1.54, 1.807) is 0 Å². The van der Waals surface area contributed by atoms with Crippen LogP contribution in [-0.2, 0) is 11.2 Å². The average Bonchev–Trinajstić information content (AvgIpc) is 2.81. The molecular weight excluding hydrogens is 412 g/mol. The van der Waals surface area contributed by atoms with E-state index in [9.17, 15) is 0 Å². The zero-order valence-electron chi connectivity index (χ0n) is 17.6. The van der Waals surface area contributed by atoms with Crippen molar-refractivity contribution in [2.24, 2.45) is 0 Å². The van der Waals surface area contributed by atoms with Gasteiger partial charge in [0.15, 0.2) is 0 Å². The lowest BCUT2D eigenvalue weighted by Gasteiger charge is -2.27. The largest absolute Gasteiger partial charge is 0.378 e. The van der Waals surface area contributed by atoms with Crippen molar-refractivity contribution >= 4 is 40.8 Å². The summed E-state index contributed by atoms with van der Waals surface area (Å²) in [5.74, 6) is 1.59. The predicted octanol–water partition coefficient (Wildman–Crippen LogP) is 5.19. The van der Waals surface area contributed by atoms with Crippen LogP contribution in [0.1, 0.15) is 25.3 Å². The summed E-state index contributed by atoms with van der Waals surface area (Å²) in [5.41, 5.74) is 3.13. The molecule has 2 aromatic carbocycles. The van der Waals surface area contributed by atoms with Gasteiger partial charge in [-0.25, -0.2) is 0 Å². The standard InChI is InChI=1S/C23H27ClN6O/c1-2-3-4-17-5-9-19(10-6-17)25-21-27-22(26-20-11-7-18(24)8-12-20)29-23(28-21)30-13-15-31-16-14-30/h5-12H,2-4,13-16H2,1H3,(H2,25,26,27,28,29). The molecular formula is C23H27ClN6O. The van der Waals surface area contributed by atoms with E-state index < -0.39 is 0 Å². The first-order valence-electron chi connectivity index (χ1n) is 10.7. The van der Waals surface area contributed by atoms with Crippen LogP contribution in [-0.4, -0.2) is 41.3 Å². The molecule has 1 fully saturated rings. The maximum Gasteiger partial charge on any atom is 0.233 e. The first-order chi connectivity index (χ1) is 15.2. The van der Waals surface area contributed by atoms with E-state index in [-0.39, 0.29) is 0 Å². The molecule has 0 atom stereocenters. The molecule has 3 aromatic rings. The molecule has 0 saturated carbocycles. The summed E-state index contributed by atoms with van der Waals surface area (Å²) < 4.78 is 5.47. The molecule has 1 aliphatic heterocycles. The molecule has 0 aliphatic carbocycles. The molecule has 2 heterocycles. The smallest absolute Gasteiger partial charge is 0.233 e. The number of nitrogens with one attached hydrogen (secondary N) is 2. The number of hydrogen-bond acceptors (Lipinski definition) is 7. The van der Waals surface area contributed by atoms with E-state index in [0.29, 0.717) is 36.1 Å². The van der Waals surface area contributed by atoms with E-state index in [1.165, 1.54) is 18.4 Å². The molecule has 7 nitrogen and oxygen atoms in total. The Kier molecular flexibility index (Phi) is 7.17. The predicted molar refractivity (Wildman–Crippen MR) is 126 cm³/mol. The van der Waals surface area contributed by atoms with Gasteiger partial charge in [0.1, 0.15) is 0 Å². The molecule has 8 heteroatoms. The highest BCUT2D eigenvalue weighted by Crippen LogP contribution is 2.22. The van der Waals surface area contributed by atoms with E-state index in [0.717, 1.165) is 30.9 Å². The van der Waals surface area contributed by atoms with Gasteiger partial charge in [-0.3, -0.25) is 0 Å². The molecule has 0 spiro atoms. The molecule has 0 bridgehead atoms. The molecule has 1 aliphatic rings. The molecule has 1 saturated heterocycles. The molecule has 0 radical (unpaired) electrons. The summed E-state index contributed by atoms with van der Waals surface area (Å²) >= 11 is 6.00. The zero-order valence-corrected chi connectivity index (χ0v) is 18.4. The molecule has 1 aromatic heterocycles. The number of nitrogens with zero attached hydrogens (tertiary/aromatic N) is 4. The van der Waals surface area contributed by atoms with Crippen molar-refractivity contribution in [3.05, 3.63) is 59.1 Å². The highest BCUT2D eigenvalue weighted by Gasteiger charge is 2.17. The van der Waals surface area contributed by atoms with E-state index in [1.807, 2.05) is 24.3 Å². The molecule has 4 rings (SSSR count). The lowest BCUT2D eigenvalue weighted by molar-refractivity contribution is 0.122. The Morgan fingerprint density at radius 3 is 2.03 bits per heavy atom. The SMILES string of the molecule is CCCCc1ccc(Nc2nc(Nc3ccc(Cl)cc3)nc(N3CCOCC3)n2)cc1. The molecule has 2 N–H and O–H groups in total. The summed E-state index contributed by atoms with van der Waals surface area (Å²) in [6.07, 6.45) is 3.49. The lowest BCUT2D eigenvalue weighted by atomic mass is 10.1. The second-order valence-corrected chi connectivity index (χ2v) is 7.88. The lowest BCUT2D eigenvalue weighted by Crippen LogP contribution is -2.37. The van der Waals surface area contributed by atoms with Gasteiger partial charge in [0.2, 0.25) is 17.8 Å². The van der Waals surface area contributed by atoms with Crippen molar-refractivity contribution in [1.82, 2.24) is 15.0 Å². The average molecular weight is 439 g/mol. The van der Waals surface area contributed by atoms with Gasteiger partial charge < -0.3 is 20.3 Å². The van der Waals surface area contributed by atoms with Gasteiger partial charge >= 0.3 is 0 Å². The zero-order chi connectivity index (χ0) is 21.5. The van der Waals surface area contributed by atoms with Gasteiger partial charge in [-0.05, 0) is 54.8 Å². The Bertz CT molecular complexity index is 974. The number of rotatable bonds is 8. The maximum absolute atomic E-state index is 6.00. The topological polar surface area (TPSA) is 75.2 Å². The van der Waals surface area contributed by atoms with Crippen LogP contribution in [0.5, 0.6) is 0 Å². The van der Waals surface area contributed by atoms with E-state index >= 15 is 0 Å². The number of benzene rings is 2. The molecule has 31 heavy (non-hydrogen) atoms. The maximum atomic E-state index is 6.00. The van der Waals surface area contributed by atoms with Crippen molar-refractivity contribution in [3.63, 3.8) is 0 Å². The van der Waals surface area contributed by atoms with Crippen LogP contribution in [0.3, 0.4) is 0 Å². The number of halogens is 1. The fourth-order valence-electron chi connectivity index (χ4n) is 3.31. The minimum absolute atomic E-state index is 0.473. The van der Waals surface area contributed by atoms with Crippen molar-refractivity contribution in [3.8, 4) is 0 Å². The quantitative estimate of drug-likeness (QED) is 0.501. The van der Waals surface area contributed by atoms with Gasteiger partial charge in [-0.15, -0.1) is 0 Å². The normalized spacial score (nSPS) is 13.8. The van der Waals surface area contributed by atoms with Crippen molar-refractivity contribution in [1.29, 1.82) is 0 Å². The second kappa shape index (κ2) is 10.4. The first-order valence-corrected chi connectivity index (χ1v) is 11.0. The van der Waals surface area contributed by atoms with E-state index in [4.69, 9.17) is 16.3 Å². The fourth-order valence-corrected chi connectivity index (χ4v) is 3.43. The summed E-state index contributed by atoms with van der Waals surface area (Å²) in [6, 6.07) is 15.9. The number of aromatic nitrogens is 3. The van der Waals surface area contributed by atoms with Gasteiger partial charge in [0, 0.05) is 29.5 Å². The van der Waals surface area contributed by atoms with Gasteiger partial charge in [-0.1, -0.05) is 37.1 Å². The van der Waals surface area contributed by atoms with Crippen molar-refractivity contribution < 1.29 is 4.74 Å². The summed E-state index contributed by atoms with van der Waals surface area (Å²) in [7, 11) is 0. The minimum atomic E-state index is 0.473. The second-order valence-electron chi connectivity index (χ2n) is 7.44. The fraction of sp³-hybridized carbons (Fsp3) is 0.348. The number of hydrogen-bond donors (Lipinski definition) is 2. The first kappa shape index (κ1) is 21.3. The minimum Gasteiger partial charge on any atom is -0.378 e. The van der Waals surface area contributed by atoms with Crippen LogP contribution in [0.15, 0.2) is 48.5 Å². The number of ether oxygens (including phenoxy) is 1. The van der Waals surface area contributed by atoms with Crippen molar-refractivity contribution in [2.75, 3.05) is 41.8 Å². The highest BCUT2D eigenvalue weighted by atomic mass is 35.5. The molecule has 0 amide bonds. The van der Waals surface area contributed by atoms with Gasteiger partial charge in [0.05, 0.1) is 13.2 Å². The number of aryl methyl sites for hydroxylation is 1. The van der Waals surface area contributed by atoms with Crippen LogP contribution in [0, 0.1) is 0 Å². The number of morpholine rings is 1. The highest BCUT2D eigenvalue weighted by molar-refractivity contribution is 6.30. The summed E-state index contributed by atoms with van der Waals surface area (Å²) in [4.78, 5) is 16.0. The van der Waals surface area contributed by atoms with Crippen LogP contribution in [0.4, 0.5) is 29.2 Å². The van der Waals surface area contributed by atoms with E-state index in [2.05, 4.69) is 61.7 Å². The van der Waals surface area contributed by atoms with Crippen molar-refractivity contribution in [2.45, 2.75) is 26.2 Å². The Labute approximate surface area is 187 Å². The van der Waals surface area contributed by atoms with Gasteiger partial charge in [-0.2, -0.15) is 15.0 Å². The number of anilines is 5.